The predicted octanol–water partition coefficient (Wildman–Crippen LogP) is 0.525. The summed E-state index contributed by atoms with van der Waals surface area (Å²) in [6, 6.07) is 10.3. The zero-order chi connectivity index (χ0) is 18.1. The Balaban J connectivity index is 1.61. The summed E-state index contributed by atoms with van der Waals surface area (Å²) < 4.78 is 10.7. The second kappa shape index (κ2) is 10.4. The first-order chi connectivity index (χ1) is 12.1. The van der Waals surface area contributed by atoms with E-state index < -0.39 is 6.10 Å². The minimum atomic E-state index is -0.480. The quantitative estimate of drug-likeness (QED) is 0.717. The Morgan fingerprint density at radius 2 is 1.92 bits per heavy atom. The van der Waals surface area contributed by atoms with Gasteiger partial charge in [0, 0.05) is 5.92 Å². The first-order valence-electron chi connectivity index (χ1n) is 9.16. The lowest BCUT2D eigenvalue weighted by molar-refractivity contribution is -0.907. The number of ether oxygens (including phenoxy) is 2. The molecule has 0 radical (unpaired) electrons. The van der Waals surface area contributed by atoms with Crippen molar-refractivity contribution in [3.63, 3.8) is 0 Å². The number of nitrogens with one attached hydrogen (secondary N) is 1. The van der Waals surface area contributed by atoms with Crippen molar-refractivity contribution in [2.24, 2.45) is 0 Å². The van der Waals surface area contributed by atoms with Gasteiger partial charge in [-0.3, -0.25) is 4.90 Å². The number of quaternary nitrogens is 1. The number of hydrogen-bond acceptors (Lipinski definition) is 4. The van der Waals surface area contributed by atoms with Crippen molar-refractivity contribution >= 4 is 6.09 Å². The molecule has 1 aliphatic rings. The predicted molar refractivity (Wildman–Crippen MR) is 95.8 cm³/mol. The summed E-state index contributed by atoms with van der Waals surface area (Å²) in [7, 11) is 0. The highest BCUT2D eigenvalue weighted by atomic mass is 16.6. The smallest absolute Gasteiger partial charge is 0.410 e. The molecular weight excluding hydrogens is 320 g/mol. The fraction of sp³-hybridized carbons (Fsp3) is 0.632. The van der Waals surface area contributed by atoms with E-state index >= 15 is 0 Å². The van der Waals surface area contributed by atoms with Gasteiger partial charge >= 0.3 is 6.09 Å². The highest BCUT2D eigenvalue weighted by Gasteiger charge is 2.26. The molecule has 2 rings (SSSR count). The molecular formula is C19H31N2O4+. The minimum Gasteiger partial charge on any atom is -0.450 e. The summed E-state index contributed by atoms with van der Waals surface area (Å²) in [6.07, 6.45) is -0.715. The molecule has 2 N–H and O–H groups in total. The second-order valence-electron chi connectivity index (χ2n) is 6.64. The zero-order valence-corrected chi connectivity index (χ0v) is 15.3. The Hall–Kier alpha value is -1.63. The number of rotatable bonds is 8. The fourth-order valence-electron chi connectivity index (χ4n) is 3.08. The number of nitrogens with zero attached hydrogens (tertiary/aromatic N) is 1. The molecule has 1 aromatic carbocycles. The Bertz CT molecular complexity index is 503. The maximum absolute atomic E-state index is 11.7. The normalized spacial score (nSPS) is 18.0. The summed E-state index contributed by atoms with van der Waals surface area (Å²) in [5, 5.41) is 10.2. The number of hydrogen-bond donors (Lipinski definition) is 2. The van der Waals surface area contributed by atoms with Gasteiger partial charge in [0.05, 0.1) is 46.0 Å². The molecule has 140 valence electrons. The van der Waals surface area contributed by atoms with Gasteiger partial charge in [0.25, 0.3) is 0 Å². The van der Waals surface area contributed by atoms with Gasteiger partial charge in [0.15, 0.2) is 0 Å². The standard InChI is InChI=1S/C19H30N2O4/c1-3-25-19(23)21-11-9-20(10-12-21)13-18(22)15-24-14-16(2)17-7-5-4-6-8-17/h4-8,16,18,22H,3,9-15H2,1-2H3/p+1/t16-,18-/m1/s1. The van der Waals surface area contributed by atoms with E-state index in [0.29, 0.717) is 45.4 Å². The first-order valence-corrected chi connectivity index (χ1v) is 9.16. The van der Waals surface area contributed by atoms with E-state index in [4.69, 9.17) is 9.47 Å². The average molecular weight is 351 g/mol. The van der Waals surface area contributed by atoms with Crippen LogP contribution in [0.15, 0.2) is 30.3 Å². The van der Waals surface area contributed by atoms with Crippen molar-refractivity contribution in [2.75, 3.05) is 52.5 Å². The van der Waals surface area contributed by atoms with E-state index in [-0.39, 0.29) is 6.09 Å². The summed E-state index contributed by atoms with van der Waals surface area (Å²) in [6.45, 7) is 8.96. The van der Waals surface area contributed by atoms with Gasteiger partial charge in [0.1, 0.15) is 12.6 Å². The molecule has 6 heteroatoms. The fourth-order valence-corrected chi connectivity index (χ4v) is 3.08. The summed E-state index contributed by atoms with van der Waals surface area (Å²) in [4.78, 5) is 14.7. The summed E-state index contributed by atoms with van der Waals surface area (Å²) in [5.74, 6) is 0.314. The van der Waals surface area contributed by atoms with Crippen LogP contribution in [-0.4, -0.2) is 74.7 Å². The molecule has 1 aliphatic heterocycles. The molecule has 1 heterocycles. The lowest BCUT2D eigenvalue weighted by Gasteiger charge is -2.32. The summed E-state index contributed by atoms with van der Waals surface area (Å²) in [5.41, 5.74) is 1.25. The van der Waals surface area contributed by atoms with Gasteiger partial charge in [-0.1, -0.05) is 37.3 Å². The van der Waals surface area contributed by atoms with Crippen molar-refractivity contribution in [1.82, 2.24) is 4.90 Å². The van der Waals surface area contributed by atoms with E-state index in [0.717, 1.165) is 13.1 Å². The third-order valence-electron chi connectivity index (χ3n) is 4.57. The minimum absolute atomic E-state index is 0.236. The molecule has 2 atom stereocenters. The summed E-state index contributed by atoms with van der Waals surface area (Å²) >= 11 is 0. The number of aliphatic hydroxyl groups excluding tert-OH is 1. The maximum Gasteiger partial charge on any atom is 0.410 e. The zero-order valence-electron chi connectivity index (χ0n) is 15.3. The van der Waals surface area contributed by atoms with Crippen LogP contribution in [0.1, 0.15) is 25.3 Å². The molecule has 1 saturated heterocycles. The third-order valence-corrected chi connectivity index (χ3v) is 4.57. The Morgan fingerprint density at radius 3 is 2.56 bits per heavy atom. The topological polar surface area (TPSA) is 63.4 Å². The van der Waals surface area contributed by atoms with Crippen LogP contribution >= 0.6 is 0 Å². The lowest BCUT2D eigenvalue weighted by Crippen LogP contribution is -3.15. The van der Waals surface area contributed by atoms with Crippen LogP contribution in [0.3, 0.4) is 0 Å². The van der Waals surface area contributed by atoms with Crippen LogP contribution in [0, 0.1) is 0 Å². The van der Waals surface area contributed by atoms with Crippen molar-refractivity contribution in [2.45, 2.75) is 25.9 Å². The highest BCUT2D eigenvalue weighted by molar-refractivity contribution is 5.67. The van der Waals surface area contributed by atoms with Gasteiger partial charge in [-0.15, -0.1) is 0 Å². The van der Waals surface area contributed by atoms with Crippen LogP contribution in [0.4, 0.5) is 4.79 Å². The van der Waals surface area contributed by atoms with Crippen LogP contribution in [0.5, 0.6) is 0 Å². The number of amides is 1. The molecule has 0 aromatic heterocycles. The van der Waals surface area contributed by atoms with Crippen LogP contribution in [0.25, 0.3) is 0 Å². The van der Waals surface area contributed by atoms with Gasteiger partial charge in [-0.05, 0) is 12.5 Å². The SMILES string of the molecule is CCOC(=O)N1CC[NH+](C[C@@H](O)COC[C@@H](C)c2ccccc2)CC1. The number of carbonyl (C=O) groups is 1. The molecule has 0 bridgehead atoms. The van der Waals surface area contributed by atoms with Crippen molar-refractivity contribution in [3.8, 4) is 0 Å². The molecule has 1 aromatic rings. The monoisotopic (exact) mass is 351 g/mol. The molecule has 0 saturated carbocycles. The second-order valence-corrected chi connectivity index (χ2v) is 6.64. The molecule has 25 heavy (non-hydrogen) atoms. The van der Waals surface area contributed by atoms with Gasteiger partial charge in [-0.25, -0.2) is 4.79 Å². The van der Waals surface area contributed by atoms with Crippen LogP contribution in [0.2, 0.25) is 0 Å². The van der Waals surface area contributed by atoms with Crippen LogP contribution < -0.4 is 4.90 Å². The molecule has 0 aliphatic carbocycles. The number of benzene rings is 1. The average Bonchev–Trinajstić information content (AvgIpc) is 2.63. The van der Waals surface area contributed by atoms with E-state index in [1.165, 1.54) is 10.5 Å². The number of piperazine rings is 1. The third kappa shape index (κ3) is 6.65. The van der Waals surface area contributed by atoms with Gasteiger partial charge in [-0.2, -0.15) is 0 Å². The first kappa shape index (κ1) is 19.7. The number of aliphatic hydroxyl groups is 1. The highest BCUT2D eigenvalue weighted by Crippen LogP contribution is 2.14. The van der Waals surface area contributed by atoms with E-state index in [1.54, 1.807) is 4.90 Å². The van der Waals surface area contributed by atoms with Crippen molar-refractivity contribution < 1.29 is 24.3 Å². The van der Waals surface area contributed by atoms with Gasteiger partial charge < -0.3 is 19.5 Å². The molecule has 0 unspecified atom stereocenters. The number of carbonyl (C=O) groups excluding carboxylic acids is 1. The van der Waals surface area contributed by atoms with Crippen molar-refractivity contribution in [1.29, 1.82) is 0 Å². The Kier molecular flexibility index (Phi) is 8.18. The van der Waals surface area contributed by atoms with E-state index in [9.17, 15) is 9.90 Å². The largest absolute Gasteiger partial charge is 0.450 e. The van der Waals surface area contributed by atoms with Crippen LogP contribution in [-0.2, 0) is 9.47 Å². The van der Waals surface area contributed by atoms with Crippen molar-refractivity contribution in [3.05, 3.63) is 35.9 Å². The molecule has 0 spiro atoms. The lowest BCUT2D eigenvalue weighted by atomic mass is 10.0. The molecule has 1 fully saturated rings. The Morgan fingerprint density at radius 1 is 1.24 bits per heavy atom. The molecule has 6 nitrogen and oxygen atoms in total. The Labute approximate surface area is 150 Å². The van der Waals surface area contributed by atoms with E-state index in [2.05, 4.69) is 19.1 Å². The van der Waals surface area contributed by atoms with E-state index in [1.807, 2.05) is 25.1 Å². The van der Waals surface area contributed by atoms with Gasteiger partial charge in [0.2, 0.25) is 0 Å². The molecule has 1 amide bonds. The maximum atomic E-state index is 11.7.